The Labute approximate surface area is 131 Å². The Bertz CT molecular complexity index is 550. The average molecular weight is 330 g/mol. The highest BCUT2D eigenvalue weighted by atomic mass is 19.4. The summed E-state index contributed by atoms with van der Waals surface area (Å²) < 4.78 is 40.4. The summed E-state index contributed by atoms with van der Waals surface area (Å²) >= 11 is 0. The first-order chi connectivity index (χ1) is 10.9. The molecule has 2 N–H and O–H groups in total. The van der Waals surface area contributed by atoms with E-state index in [4.69, 9.17) is 0 Å². The smallest absolute Gasteiger partial charge is 0.420 e. The van der Waals surface area contributed by atoms with E-state index < -0.39 is 12.1 Å². The predicted molar refractivity (Wildman–Crippen MR) is 75.9 cm³/mol. The molecule has 126 valence electrons. The van der Waals surface area contributed by atoms with Crippen LogP contribution in [0.5, 0.6) is 5.75 Å². The molecule has 1 aromatic rings. The molecule has 1 fully saturated rings. The molecule has 1 saturated heterocycles. The first-order valence-electron chi connectivity index (χ1n) is 7.29. The molecule has 1 aliphatic heterocycles. The highest BCUT2D eigenvalue weighted by Crippen LogP contribution is 2.20. The number of hydrogen-bond donors (Lipinski definition) is 2. The van der Waals surface area contributed by atoms with Crippen molar-refractivity contribution in [2.24, 2.45) is 0 Å². The van der Waals surface area contributed by atoms with Crippen LogP contribution < -0.4 is 15.4 Å². The van der Waals surface area contributed by atoms with Crippen LogP contribution in [0.4, 0.5) is 13.2 Å². The number of rotatable bonds is 3. The third-order valence-electron chi connectivity index (χ3n) is 3.42. The molecule has 0 saturated carbocycles. The third kappa shape index (κ3) is 5.24. The summed E-state index contributed by atoms with van der Waals surface area (Å²) in [6, 6.07) is 4.92. The Balaban J connectivity index is 1.93. The molecule has 1 atom stereocenters. The molecule has 0 radical (unpaired) electrons. The van der Waals surface area contributed by atoms with Gasteiger partial charge in [0.05, 0.1) is 6.17 Å². The number of alkyl halides is 3. The minimum absolute atomic E-state index is 0.118. The molecule has 1 heterocycles. The first kappa shape index (κ1) is 17.3. The van der Waals surface area contributed by atoms with Gasteiger partial charge in [0.15, 0.2) is 0 Å². The lowest BCUT2D eigenvalue weighted by Crippen LogP contribution is -2.44. The molecular weight excluding hydrogens is 313 g/mol. The van der Waals surface area contributed by atoms with Crippen molar-refractivity contribution < 1.29 is 27.5 Å². The quantitative estimate of drug-likeness (QED) is 0.660. The van der Waals surface area contributed by atoms with Gasteiger partial charge in [0.25, 0.3) is 5.91 Å². The minimum atomic E-state index is -5.05. The lowest BCUT2D eigenvalue weighted by Gasteiger charge is -2.17. The summed E-state index contributed by atoms with van der Waals surface area (Å²) in [7, 11) is 0. The molecule has 1 aromatic carbocycles. The Morgan fingerprint density at radius 1 is 1.13 bits per heavy atom. The van der Waals surface area contributed by atoms with Crippen molar-refractivity contribution in [1.29, 1.82) is 0 Å². The van der Waals surface area contributed by atoms with Crippen molar-refractivity contribution in [1.82, 2.24) is 10.6 Å². The maximum absolute atomic E-state index is 12.1. The second-order valence-corrected chi connectivity index (χ2v) is 5.24. The van der Waals surface area contributed by atoms with Crippen molar-refractivity contribution in [3.05, 3.63) is 29.8 Å². The molecule has 0 aliphatic carbocycles. The molecule has 0 aromatic heterocycles. The van der Waals surface area contributed by atoms with Gasteiger partial charge in [0.1, 0.15) is 5.75 Å². The van der Waals surface area contributed by atoms with Gasteiger partial charge >= 0.3 is 12.1 Å². The van der Waals surface area contributed by atoms with E-state index in [0.29, 0.717) is 0 Å². The molecule has 23 heavy (non-hydrogen) atoms. The Hall–Kier alpha value is -2.09. The summed E-state index contributed by atoms with van der Waals surface area (Å²) in [5, 5.41) is 6.03. The van der Waals surface area contributed by atoms with Crippen molar-refractivity contribution in [3.63, 3.8) is 0 Å². The van der Waals surface area contributed by atoms with Crippen LogP contribution in [0.15, 0.2) is 24.3 Å². The standard InChI is InChI=1S/C15H17F3N2O3/c16-15(17,18)14(22)23-11-7-5-10(6-8-11)13(21)20-12-4-2-1-3-9-19-12/h5-8,12,19H,1-4,9H2,(H,20,21). The van der Waals surface area contributed by atoms with Gasteiger partial charge < -0.3 is 10.1 Å². The summed E-state index contributed by atoms with van der Waals surface area (Å²) in [6.07, 6.45) is -1.16. The van der Waals surface area contributed by atoms with Crippen molar-refractivity contribution in [2.75, 3.05) is 6.54 Å². The van der Waals surface area contributed by atoms with Crippen LogP contribution in [0.2, 0.25) is 0 Å². The number of carbonyl (C=O) groups is 2. The zero-order valence-corrected chi connectivity index (χ0v) is 12.3. The van der Waals surface area contributed by atoms with Gasteiger partial charge in [0, 0.05) is 5.56 Å². The fourth-order valence-corrected chi connectivity index (χ4v) is 2.23. The number of esters is 1. The summed E-state index contributed by atoms with van der Waals surface area (Å²) in [5.41, 5.74) is 0.280. The van der Waals surface area contributed by atoms with Crippen molar-refractivity contribution in [2.45, 2.75) is 38.0 Å². The summed E-state index contributed by atoms with van der Waals surface area (Å²) in [6.45, 7) is 0.831. The van der Waals surface area contributed by atoms with Crippen LogP contribution in [0, 0.1) is 0 Å². The molecule has 2 rings (SSSR count). The average Bonchev–Trinajstić information content (AvgIpc) is 2.75. The van der Waals surface area contributed by atoms with Gasteiger partial charge in [0.2, 0.25) is 0 Å². The Morgan fingerprint density at radius 2 is 1.83 bits per heavy atom. The zero-order valence-electron chi connectivity index (χ0n) is 12.3. The number of halogens is 3. The molecule has 1 unspecified atom stereocenters. The summed E-state index contributed by atoms with van der Waals surface area (Å²) in [4.78, 5) is 22.8. The Morgan fingerprint density at radius 3 is 2.48 bits per heavy atom. The molecule has 1 aliphatic rings. The van der Waals surface area contributed by atoms with E-state index in [9.17, 15) is 22.8 Å². The van der Waals surface area contributed by atoms with Gasteiger partial charge in [-0.2, -0.15) is 13.2 Å². The SMILES string of the molecule is O=C(NC1CCCCCN1)c1ccc(OC(=O)C(F)(F)F)cc1. The van der Waals surface area contributed by atoms with E-state index in [2.05, 4.69) is 15.4 Å². The molecule has 5 nitrogen and oxygen atoms in total. The van der Waals surface area contributed by atoms with Crippen LogP contribution >= 0.6 is 0 Å². The number of benzene rings is 1. The first-order valence-corrected chi connectivity index (χ1v) is 7.29. The second kappa shape index (κ2) is 7.45. The maximum Gasteiger partial charge on any atom is 0.491 e. The number of carbonyl (C=O) groups excluding carboxylic acids is 2. The van der Waals surface area contributed by atoms with Gasteiger partial charge in [-0.15, -0.1) is 0 Å². The van der Waals surface area contributed by atoms with Crippen LogP contribution in [0.3, 0.4) is 0 Å². The van der Waals surface area contributed by atoms with Gasteiger partial charge in [-0.1, -0.05) is 12.8 Å². The third-order valence-corrected chi connectivity index (χ3v) is 3.42. The fourth-order valence-electron chi connectivity index (χ4n) is 2.23. The largest absolute Gasteiger partial charge is 0.491 e. The van der Waals surface area contributed by atoms with E-state index in [1.807, 2.05) is 0 Å². The van der Waals surface area contributed by atoms with Crippen LogP contribution in [0.1, 0.15) is 36.0 Å². The lowest BCUT2D eigenvalue weighted by molar-refractivity contribution is -0.189. The van der Waals surface area contributed by atoms with Crippen LogP contribution in [-0.2, 0) is 4.79 Å². The van der Waals surface area contributed by atoms with Crippen molar-refractivity contribution in [3.8, 4) is 5.75 Å². The number of ether oxygens (including phenoxy) is 1. The topological polar surface area (TPSA) is 67.4 Å². The van der Waals surface area contributed by atoms with E-state index in [0.717, 1.165) is 44.4 Å². The van der Waals surface area contributed by atoms with E-state index >= 15 is 0 Å². The fraction of sp³-hybridized carbons (Fsp3) is 0.467. The second-order valence-electron chi connectivity index (χ2n) is 5.24. The maximum atomic E-state index is 12.1. The van der Waals surface area contributed by atoms with Gasteiger partial charge in [-0.3, -0.25) is 10.1 Å². The number of amides is 1. The highest BCUT2D eigenvalue weighted by Gasteiger charge is 2.41. The molecular formula is C15H17F3N2O3. The Kier molecular flexibility index (Phi) is 5.59. The van der Waals surface area contributed by atoms with Crippen molar-refractivity contribution >= 4 is 11.9 Å². The summed E-state index contributed by atoms with van der Waals surface area (Å²) in [5.74, 6) is -2.90. The predicted octanol–water partition coefficient (Wildman–Crippen LogP) is 2.37. The van der Waals surface area contributed by atoms with E-state index in [-0.39, 0.29) is 23.4 Å². The number of nitrogens with one attached hydrogen (secondary N) is 2. The molecule has 8 heteroatoms. The van der Waals surface area contributed by atoms with Crippen LogP contribution in [0.25, 0.3) is 0 Å². The normalized spacial score (nSPS) is 18.8. The molecule has 0 bridgehead atoms. The monoisotopic (exact) mass is 330 g/mol. The molecule has 1 amide bonds. The minimum Gasteiger partial charge on any atom is -0.420 e. The van der Waals surface area contributed by atoms with Gasteiger partial charge in [-0.25, -0.2) is 4.79 Å². The van der Waals surface area contributed by atoms with Gasteiger partial charge in [-0.05, 0) is 43.7 Å². The molecule has 0 spiro atoms. The lowest BCUT2D eigenvalue weighted by atomic mass is 10.1. The van der Waals surface area contributed by atoms with E-state index in [1.54, 1.807) is 0 Å². The zero-order chi connectivity index (χ0) is 16.9. The van der Waals surface area contributed by atoms with E-state index in [1.165, 1.54) is 12.1 Å². The van der Waals surface area contributed by atoms with Crippen LogP contribution in [-0.4, -0.2) is 30.8 Å². The highest BCUT2D eigenvalue weighted by molar-refractivity contribution is 5.94. The number of hydrogen-bond acceptors (Lipinski definition) is 4.